The van der Waals surface area contributed by atoms with Gasteiger partial charge in [0.2, 0.25) is 11.8 Å². The first-order chi connectivity index (χ1) is 11.1. The molecule has 126 valence electrons. The van der Waals surface area contributed by atoms with Crippen molar-refractivity contribution in [3.8, 4) is 0 Å². The van der Waals surface area contributed by atoms with Crippen molar-refractivity contribution in [3.63, 3.8) is 0 Å². The van der Waals surface area contributed by atoms with Gasteiger partial charge in [-0.25, -0.2) is 4.39 Å². The monoisotopic (exact) mass is 340 g/mol. The number of hydrogen-bond acceptors (Lipinski definition) is 4. The fourth-order valence-electron chi connectivity index (χ4n) is 2.30. The molecular formula is C16H21FN2O3S. The van der Waals surface area contributed by atoms with Gasteiger partial charge in [-0.1, -0.05) is 18.2 Å². The maximum atomic E-state index is 13.7. The average Bonchev–Trinajstić information content (AvgIpc) is 2.55. The molecule has 1 saturated heterocycles. The Balaban J connectivity index is 1.81. The fraction of sp³-hybridized carbons (Fsp3) is 0.500. The van der Waals surface area contributed by atoms with Crippen molar-refractivity contribution in [1.29, 1.82) is 0 Å². The number of benzene rings is 1. The first kappa shape index (κ1) is 17.7. The number of methoxy groups -OCH3 is 1. The Labute approximate surface area is 139 Å². The van der Waals surface area contributed by atoms with E-state index in [9.17, 15) is 14.0 Å². The van der Waals surface area contributed by atoms with Gasteiger partial charge < -0.3 is 15.4 Å². The minimum absolute atomic E-state index is 0.189. The van der Waals surface area contributed by atoms with Gasteiger partial charge in [0.1, 0.15) is 11.9 Å². The molecule has 5 nitrogen and oxygen atoms in total. The van der Waals surface area contributed by atoms with Gasteiger partial charge in [0, 0.05) is 26.0 Å². The summed E-state index contributed by atoms with van der Waals surface area (Å²) in [5.41, 5.74) is 0.516. The zero-order valence-corrected chi connectivity index (χ0v) is 13.8. The zero-order valence-electron chi connectivity index (χ0n) is 13.0. The van der Waals surface area contributed by atoms with E-state index in [1.54, 1.807) is 25.3 Å². The molecule has 0 aromatic heterocycles. The summed E-state index contributed by atoms with van der Waals surface area (Å²) in [6.07, 6.45) is 1.05. The van der Waals surface area contributed by atoms with Gasteiger partial charge in [-0.2, -0.15) is 0 Å². The smallest absolute Gasteiger partial charge is 0.243 e. The second-order valence-electron chi connectivity index (χ2n) is 5.32. The topological polar surface area (TPSA) is 67.4 Å². The Morgan fingerprint density at radius 2 is 2.26 bits per heavy atom. The lowest BCUT2D eigenvalue weighted by atomic mass is 10.1. The van der Waals surface area contributed by atoms with Crippen molar-refractivity contribution in [2.75, 3.05) is 26.0 Å². The third kappa shape index (κ3) is 5.21. The predicted octanol–water partition coefficient (Wildman–Crippen LogP) is 1.12. The van der Waals surface area contributed by atoms with Gasteiger partial charge in [-0.05, 0) is 24.5 Å². The van der Waals surface area contributed by atoms with Crippen LogP contribution in [0.15, 0.2) is 24.3 Å². The van der Waals surface area contributed by atoms with E-state index in [0.717, 1.165) is 6.42 Å². The van der Waals surface area contributed by atoms with Gasteiger partial charge in [-0.3, -0.25) is 9.59 Å². The molecule has 1 aromatic rings. The van der Waals surface area contributed by atoms with Crippen molar-refractivity contribution in [3.05, 3.63) is 35.6 Å². The van der Waals surface area contributed by atoms with Gasteiger partial charge in [-0.15, -0.1) is 11.8 Å². The summed E-state index contributed by atoms with van der Waals surface area (Å²) >= 11 is 1.39. The maximum Gasteiger partial charge on any atom is 0.243 e. The highest BCUT2D eigenvalue weighted by atomic mass is 32.2. The van der Waals surface area contributed by atoms with E-state index < -0.39 is 6.04 Å². The van der Waals surface area contributed by atoms with Crippen LogP contribution in [0.3, 0.4) is 0 Å². The largest absolute Gasteiger partial charge is 0.385 e. The van der Waals surface area contributed by atoms with Crippen molar-refractivity contribution >= 4 is 23.6 Å². The molecule has 1 aliphatic rings. The lowest BCUT2D eigenvalue weighted by Crippen LogP contribution is -2.54. The molecule has 23 heavy (non-hydrogen) atoms. The average molecular weight is 340 g/mol. The van der Waals surface area contributed by atoms with Gasteiger partial charge in [0.05, 0.1) is 5.25 Å². The molecule has 7 heteroatoms. The van der Waals surface area contributed by atoms with Crippen LogP contribution in [0.5, 0.6) is 0 Å². The maximum absolute atomic E-state index is 13.7. The molecule has 0 bridgehead atoms. The molecule has 1 heterocycles. The first-order valence-corrected chi connectivity index (χ1v) is 8.58. The molecule has 2 unspecified atom stereocenters. The van der Waals surface area contributed by atoms with Crippen LogP contribution in [-0.2, 0) is 20.7 Å². The first-order valence-electron chi connectivity index (χ1n) is 7.54. The van der Waals surface area contributed by atoms with E-state index in [1.165, 1.54) is 17.8 Å². The quantitative estimate of drug-likeness (QED) is 0.730. The Hall–Kier alpha value is -1.60. The van der Waals surface area contributed by atoms with E-state index in [1.807, 2.05) is 0 Å². The van der Waals surface area contributed by atoms with Crippen LogP contribution >= 0.6 is 11.8 Å². The molecule has 0 aliphatic carbocycles. The summed E-state index contributed by atoms with van der Waals surface area (Å²) in [6, 6.07) is 5.90. The van der Waals surface area contributed by atoms with Crippen LogP contribution in [0.1, 0.15) is 12.0 Å². The van der Waals surface area contributed by atoms with E-state index >= 15 is 0 Å². The molecule has 2 N–H and O–H groups in total. The Morgan fingerprint density at radius 1 is 1.48 bits per heavy atom. The number of hydrogen-bond donors (Lipinski definition) is 2. The Kier molecular flexibility index (Phi) is 6.85. The molecule has 0 saturated carbocycles. The van der Waals surface area contributed by atoms with Crippen molar-refractivity contribution in [1.82, 2.24) is 10.6 Å². The molecule has 2 rings (SSSR count). The number of nitrogens with one attached hydrogen (secondary N) is 2. The number of thioether (sulfide) groups is 1. The number of ether oxygens (including phenoxy) is 1. The molecule has 1 fully saturated rings. The van der Waals surface area contributed by atoms with Crippen molar-refractivity contribution < 1.29 is 18.7 Å². The zero-order chi connectivity index (χ0) is 16.7. The van der Waals surface area contributed by atoms with Gasteiger partial charge >= 0.3 is 0 Å². The van der Waals surface area contributed by atoms with Crippen LogP contribution in [0.4, 0.5) is 4.39 Å². The lowest BCUT2D eigenvalue weighted by molar-refractivity contribution is -0.128. The molecule has 0 radical (unpaired) electrons. The SMILES string of the molecule is COCCCNC(=O)C1CSC(Cc2ccccc2F)C(=O)N1. The molecule has 0 spiro atoms. The summed E-state index contributed by atoms with van der Waals surface area (Å²) in [7, 11) is 1.61. The van der Waals surface area contributed by atoms with Gasteiger partial charge in [0.25, 0.3) is 0 Å². The number of rotatable bonds is 7. The third-order valence-corrected chi connectivity index (χ3v) is 4.89. The molecule has 2 amide bonds. The summed E-state index contributed by atoms with van der Waals surface area (Å²) in [5.74, 6) is -0.229. The Morgan fingerprint density at radius 3 is 2.96 bits per heavy atom. The summed E-state index contributed by atoms with van der Waals surface area (Å²) in [5, 5.41) is 5.12. The van der Waals surface area contributed by atoms with Crippen LogP contribution in [0, 0.1) is 5.82 Å². The van der Waals surface area contributed by atoms with Gasteiger partial charge in [0.15, 0.2) is 0 Å². The second kappa shape index (κ2) is 8.88. The summed E-state index contributed by atoms with van der Waals surface area (Å²) in [4.78, 5) is 24.1. The van der Waals surface area contributed by atoms with E-state index in [-0.39, 0.29) is 22.9 Å². The van der Waals surface area contributed by atoms with Crippen molar-refractivity contribution in [2.45, 2.75) is 24.1 Å². The van der Waals surface area contributed by atoms with Crippen molar-refractivity contribution in [2.24, 2.45) is 0 Å². The molecular weight excluding hydrogens is 319 g/mol. The molecule has 1 aliphatic heterocycles. The predicted molar refractivity (Wildman–Crippen MR) is 87.8 cm³/mol. The minimum atomic E-state index is -0.535. The summed E-state index contributed by atoms with van der Waals surface area (Å²) < 4.78 is 18.6. The lowest BCUT2D eigenvalue weighted by Gasteiger charge is -2.28. The summed E-state index contributed by atoms with van der Waals surface area (Å²) in [6.45, 7) is 1.10. The standard InChI is InChI=1S/C16H21FN2O3S/c1-22-8-4-7-18-15(20)13-10-23-14(16(21)19-13)9-11-5-2-3-6-12(11)17/h2-3,5-6,13-14H,4,7-10H2,1H3,(H,18,20)(H,19,21). The number of halogens is 1. The van der Waals surface area contributed by atoms with Crippen LogP contribution < -0.4 is 10.6 Å². The highest BCUT2D eigenvalue weighted by molar-refractivity contribution is 8.00. The fourth-order valence-corrected chi connectivity index (χ4v) is 3.48. The number of carbonyl (C=O) groups is 2. The van der Waals surface area contributed by atoms with E-state index in [0.29, 0.717) is 30.9 Å². The third-order valence-electron chi connectivity index (χ3n) is 3.58. The number of carbonyl (C=O) groups excluding carboxylic acids is 2. The van der Waals surface area contributed by atoms with Crippen LogP contribution in [0.25, 0.3) is 0 Å². The minimum Gasteiger partial charge on any atom is -0.385 e. The Bertz CT molecular complexity index is 556. The highest BCUT2D eigenvalue weighted by Crippen LogP contribution is 2.23. The normalized spacial score (nSPS) is 20.9. The molecule has 1 aromatic carbocycles. The van der Waals surface area contributed by atoms with Crippen LogP contribution in [0.2, 0.25) is 0 Å². The van der Waals surface area contributed by atoms with E-state index in [2.05, 4.69) is 10.6 Å². The van der Waals surface area contributed by atoms with Crippen LogP contribution in [-0.4, -0.2) is 49.1 Å². The highest BCUT2D eigenvalue weighted by Gasteiger charge is 2.32. The molecule has 2 atom stereocenters. The second-order valence-corrected chi connectivity index (χ2v) is 6.55. The van der Waals surface area contributed by atoms with E-state index in [4.69, 9.17) is 4.74 Å². The number of amides is 2.